The van der Waals surface area contributed by atoms with Crippen LogP contribution in [-0.2, 0) is 4.79 Å². The SMILES string of the molecule is O=C(NN=C(CC(C(=O)O)C1=CNC2C=CC=CC12)c1ccccc1)c1cccc([N+](=O)[O-])c1. The Morgan fingerprint density at radius 1 is 1.09 bits per heavy atom. The number of allylic oxidation sites excluding steroid dienone is 2. The molecule has 2 aliphatic rings. The first-order valence-corrected chi connectivity index (χ1v) is 10.6. The van der Waals surface area contributed by atoms with E-state index >= 15 is 0 Å². The molecule has 3 N–H and O–H groups in total. The summed E-state index contributed by atoms with van der Waals surface area (Å²) in [7, 11) is 0. The summed E-state index contributed by atoms with van der Waals surface area (Å²) in [4.78, 5) is 35.3. The number of nitro benzene ring substituents is 1. The van der Waals surface area contributed by atoms with Crippen LogP contribution in [0.3, 0.4) is 0 Å². The third-order valence-electron chi connectivity index (χ3n) is 5.78. The van der Waals surface area contributed by atoms with Crippen LogP contribution >= 0.6 is 0 Å². The molecular weight excluding hydrogens is 436 g/mol. The lowest BCUT2D eigenvalue weighted by molar-refractivity contribution is -0.384. The van der Waals surface area contributed by atoms with Gasteiger partial charge >= 0.3 is 5.97 Å². The third-order valence-corrected chi connectivity index (χ3v) is 5.78. The van der Waals surface area contributed by atoms with Gasteiger partial charge < -0.3 is 10.4 Å². The highest BCUT2D eigenvalue weighted by atomic mass is 16.6. The number of hydrazone groups is 1. The van der Waals surface area contributed by atoms with Gasteiger partial charge in [0.25, 0.3) is 11.6 Å². The van der Waals surface area contributed by atoms with E-state index in [0.29, 0.717) is 11.3 Å². The van der Waals surface area contributed by atoms with Crippen LogP contribution in [-0.4, -0.2) is 33.7 Å². The number of rotatable bonds is 8. The summed E-state index contributed by atoms with van der Waals surface area (Å²) in [5.41, 5.74) is 4.06. The van der Waals surface area contributed by atoms with Crippen LogP contribution in [0.25, 0.3) is 0 Å². The number of carbonyl (C=O) groups excluding carboxylic acids is 1. The van der Waals surface area contributed by atoms with Crippen LogP contribution < -0.4 is 10.7 Å². The molecule has 4 rings (SSSR count). The average molecular weight is 458 g/mol. The highest BCUT2D eigenvalue weighted by Crippen LogP contribution is 2.34. The fraction of sp³-hybridized carbons (Fsp3) is 0.160. The molecule has 0 saturated heterocycles. The van der Waals surface area contributed by atoms with Crippen molar-refractivity contribution < 1.29 is 19.6 Å². The zero-order valence-electron chi connectivity index (χ0n) is 18.0. The molecule has 0 aromatic heterocycles. The van der Waals surface area contributed by atoms with E-state index in [1.54, 1.807) is 30.5 Å². The molecule has 9 heteroatoms. The molecule has 0 fully saturated rings. The van der Waals surface area contributed by atoms with Gasteiger partial charge in [0.1, 0.15) is 0 Å². The maximum absolute atomic E-state index is 12.6. The van der Waals surface area contributed by atoms with E-state index in [1.807, 2.05) is 30.4 Å². The van der Waals surface area contributed by atoms with Crippen LogP contribution in [0.15, 0.2) is 95.8 Å². The minimum atomic E-state index is -0.995. The Kier molecular flexibility index (Phi) is 6.63. The number of carbonyl (C=O) groups is 2. The summed E-state index contributed by atoms with van der Waals surface area (Å²) in [6, 6.07) is 14.3. The molecule has 0 radical (unpaired) electrons. The predicted molar refractivity (Wildman–Crippen MR) is 126 cm³/mol. The van der Waals surface area contributed by atoms with Gasteiger partial charge in [-0.3, -0.25) is 19.7 Å². The van der Waals surface area contributed by atoms with Crippen molar-refractivity contribution in [3.63, 3.8) is 0 Å². The molecule has 1 heterocycles. The van der Waals surface area contributed by atoms with E-state index in [-0.39, 0.29) is 29.6 Å². The summed E-state index contributed by atoms with van der Waals surface area (Å²) in [5, 5.41) is 28.5. The average Bonchev–Trinajstić information content (AvgIpc) is 3.28. The van der Waals surface area contributed by atoms with E-state index in [9.17, 15) is 24.8 Å². The molecule has 0 spiro atoms. The molecule has 1 amide bonds. The molecule has 34 heavy (non-hydrogen) atoms. The minimum absolute atomic E-state index is 0.00698. The molecule has 1 aliphatic carbocycles. The van der Waals surface area contributed by atoms with Crippen LogP contribution in [0.4, 0.5) is 5.69 Å². The van der Waals surface area contributed by atoms with Crippen molar-refractivity contribution in [2.75, 3.05) is 0 Å². The van der Waals surface area contributed by atoms with Crippen molar-refractivity contribution in [2.45, 2.75) is 12.5 Å². The largest absolute Gasteiger partial charge is 0.481 e. The van der Waals surface area contributed by atoms with E-state index in [1.165, 1.54) is 18.2 Å². The molecular formula is C25H22N4O5. The van der Waals surface area contributed by atoms with Crippen LogP contribution in [0, 0.1) is 22.0 Å². The number of benzene rings is 2. The Balaban J connectivity index is 1.60. The number of carboxylic acids is 1. The maximum atomic E-state index is 12.6. The Morgan fingerprint density at radius 3 is 2.56 bits per heavy atom. The first kappa shape index (κ1) is 22.7. The second kappa shape index (κ2) is 9.95. The van der Waals surface area contributed by atoms with Gasteiger partial charge in [-0.1, -0.05) is 60.7 Å². The number of nitro groups is 1. The summed E-state index contributed by atoms with van der Waals surface area (Å²) >= 11 is 0. The van der Waals surface area contributed by atoms with Gasteiger partial charge in [-0.05, 0) is 23.4 Å². The van der Waals surface area contributed by atoms with Gasteiger partial charge in [0.05, 0.1) is 22.6 Å². The monoisotopic (exact) mass is 458 g/mol. The molecule has 172 valence electrons. The summed E-state index contributed by atoms with van der Waals surface area (Å²) in [6.07, 6.45) is 9.56. The lowest BCUT2D eigenvalue weighted by Crippen LogP contribution is -2.29. The zero-order chi connectivity index (χ0) is 24.1. The maximum Gasteiger partial charge on any atom is 0.311 e. The van der Waals surface area contributed by atoms with Gasteiger partial charge in [-0.2, -0.15) is 5.10 Å². The third kappa shape index (κ3) is 4.93. The smallest absolute Gasteiger partial charge is 0.311 e. The van der Waals surface area contributed by atoms with Gasteiger partial charge in [0, 0.05) is 30.0 Å². The van der Waals surface area contributed by atoms with E-state index < -0.39 is 22.7 Å². The summed E-state index contributed by atoms with van der Waals surface area (Å²) < 4.78 is 0. The molecule has 1 aliphatic heterocycles. The van der Waals surface area contributed by atoms with E-state index in [4.69, 9.17) is 0 Å². The molecule has 0 bridgehead atoms. The number of amides is 1. The van der Waals surface area contributed by atoms with Gasteiger partial charge in [-0.25, -0.2) is 5.43 Å². The number of nitrogens with one attached hydrogen (secondary N) is 2. The van der Waals surface area contributed by atoms with Crippen molar-refractivity contribution in [1.82, 2.24) is 10.7 Å². The first-order chi connectivity index (χ1) is 16.4. The molecule has 0 saturated carbocycles. The van der Waals surface area contributed by atoms with Crippen molar-refractivity contribution in [2.24, 2.45) is 16.9 Å². The van der Waals surface area contributed by atoms with Crippen molar-refractivity contribution in [1.29, 1.82) is 0 Å². The van der Waals surface area contributed by atoms with Crippen molar-refractivity contribution >= 4 is 23.3 Å². The second-order valence-corrected chi connectivity index (χ2v) is 7.90. The summed E-state index contributed by atoms with van der Waals surface area (Å²) in [6.45, 7) is 0. The predicted octanol–water partition coefficient (Wildman–Crippen LogP) is 3.42. The highest BCUT2D eigenvalue weighted by Gasteiger charge is 2.36. The normalized spacial score (nSPS) is 19.5. The van der Waals surface area contributed by atoms with Gasteiger partial charge in [0.2, 0.25) is 0 Å². The molecule has 3 unspecified atom stereocenters. The Bertz CT molecular complexity index is 1230. The molecule has 9 nitrogen and oxygen atoms in total. The fourth-order valence-electron chi connectivity index (χ4n) is 4.05. The topological polar surface area (TPSA) is 134 Å². The van der Waals surface area contributed by atoms with Crippen molar-refractivity contribution in [3.8, 4) is 0 Å². The highest BCUT2D eigenvalue weighted by molar-refractivity contribution is 6.04. The zero-order valence-corrected chi connectivity index (χ0v) is 18.0. The second-order valence-electron chi connectivity index (χ2n) is 7.90. The van der Waals surface area contributed by atoms with Crippen LogP contribution in [0.2, 0.25) is 0 Å². The number of carboxylic acid groups (broad SMARTS) is 1. The summed E-state index contributed by atoms with van der Waals surface area (Å²) in [5.74, 6) is -2.58. The fourth-order valence-corrected chi connectivity index (χ4v) is 4.05. The number of hydrogen-bond donors (Lipinski definition) is 3. The standard InChI is InChI=1S/C25H22N4O5/c30-24(17-9-6-10-18(13-17)29(33)34)28-27-23(16-7-2-1-3-8-16)14-20(25(31)32)21-15-26-22-12-5-4-11-19(21)22/h1-13,15,19-20,22,26H,14H2,(H,28,30)(H,31,32). The van der Waals surface area contributed by atoms with Gasteiger partial charge in [0.15, 0.2) is 0 Å². The minimum Gasteiger partial charge on any atom is -0.481 e. The lowest BCUT2D eigenvalue weighted by atomic mass is 9.81. The number of non-ortho nitro benzene ring substituents is 1. The van der Waals surface area contributed by atoms with Gasteiger partial charge in [-0.15, -0.1) is 0 Å². The Morgan fingerprint density at radius 2 is 1.82 bits per heavy atom. The first-order valence-electron chi connectivity index (χ1n) is 10.6. The molecule has 2 aromatic carbocycles. The van der Waals surface area contributed by atoms with Crippen LogP contribution in [0.5, 0.6) is 0 Å². The number of fused-ring (bicyclic) bond motifs is 1. The number of hydrogen-bond acceptors (Lipinski definition) is 6. The van der Waals surface area contributed by atoms with Crippen LogP contribution in [0.1, 0.15) is 22.3 Å². The molecule has 3 atom stereocenters. The van der Waals surface area contributed by atoms with Crippen molar-refractivity contribution in [3.05, 3.63) is 112 Å². The quantitative estimate of drug-likeness (QED) is 0.315. The Labute approximate surface area is 195 Å². The number of nitrogens with zero attached hydrogens (tertiary/aromatic N) is 2. The number of aliphatic carboxylic acids is 1. The Hall–Kier alpha value is -4.53. The lowest BCUT2D eigenvalue weighted by Gasteiger charge is -2.23. The molecule has 2 aromatic rings. The van der Waals surface area contributed by atoms with E-state index in [0.717, 1.165) is 11.6 Å². The van der Waals surface area contributed by atoms with E-state index in [2.05, 4.69) is 15.8 Å².